The van der Waals surface area contributed by atoms with E-state index in [0.29, 0.717) is 11.4 Å². The second-order valence-corrected chi connectivity index (χ2v) is 6.41. The molecule has 0 saturated heterocycles. The highest BCUT2D eigenvalue weighted by atomic mass is 35.5. The number of aromatic nitrogens is 1. The second-order valence-electron chi connectivity index (χ2n) is 5.97. The van der Waals surface area contributed by atoms with E-state index >= 15 is 0 Å². The summed E-state index contributed by atoms with van der Waals surface area (Å²) in [5, 5.41) is 0.495. The molecule has 1 aliphatic carbocycles. The summed E-state index contributed by atoms with van der Waals surface area (Å²) < 4.78 is 37.6. The van der Waals surface area contributed by atoms with Crippen molar-refractivity contribution in [3.63, 3.8) is 0 Å². The van der Waals surface area contributed by atoms with Gasteiger partial charge < -0.3 is 4.90 Å². The fourth-order valence-electron chi connectivity index (χ4n) is 2.88. The molecule has 0 aromatic heterocycles. The largest absolute Gasteiger partial charge is 0.471 e. The zero-order valence-corrected chi connectivity index (χ0v) is 14.3. The van der Waals surface area contributed by atoms with Gasteiger partial charge in [0, 0.05) is 18.1 Å². The molecule has 7 heteroatoms. The number of hydrogen-bond acceptors (Lipinski definition) is 2. The number of nitrogens with zero attached hydrogens (tertiary/aromatic N) is 2. The molecule has 1 unspecified atom stereocenters. The van der Waals surface area contributed by atoms with Crippen LogP contribution in [0.1, 0.15) is 17.0 Å². The van der Waals surface area contributed by atoms with Gasteiger partial charge in [-0.2, -0.15) is 13.2 Å². The van der Waals surface area contributed by atoms with Crippen molar-refractivity contribution in [1.29, 1.82) is 0 Å². The number of benzene rings is 1. The second kappa shape index (κ2) is 7.00. The van der Waals surface area contributed by atoms with Gasteiger partial charge in [0.05, 0.1) is 17.3 Å². The van der Waals surface area contributed by atoms with Gasteiger partial charge in [-0.25, -0.2) is 4.98 Å². The van der Waals surface area contributed by atoms with E-state index in [1.807, 2.05) is 18.2 Å². The van der Waals surface area contributed by atoms with Gasteiger partial charge >= 0.3 is 12.1 Å². The molecule has 4 rings (SSSR count). The molecular formula is C19H14ClF3N2O. The molecule has 0 spiro atoms. The third-order valence-corrected chi connectivity index (χ3v) is 4.46. The summed E-state index contributed by atoms with van der Waals surface area (Å²) in [6, 6.07) is 11.1. The highest BCUT2D eigenvalue weighted by Crippen LogP contribution is 2.29. The van der Waals surface area contributed by atoms with E-state index in [1.54, 1.807) is 18.2 Å². The molecule has 0 saturated carbocycles. The summed E-state index contributed by atoms with van der Waals surface area (Å²) in [6.45, 7) is -0.159. The highest BCUT2D eigenvalue weighted by molar-refractivity contribution is 6.30. The van der Waals surface area contributed by atoms with Crippen molar-refractivity contribution in [3.8, 4) is 23.7 Å². The lowest BCUT2D eigenvalue weighted by Gasteiger charge is -2.23. The lowest BCUT2D eigenvalue weighted by Crippen LogP contribution is -2.43. The molecule has 134 valence electrons. The molecule has 2 aliphatic heterocycles. The SMILES string of the molecule is C#CC1CN(C(=O)C(F)(F)F)CCc2cc(Cl)ccc21.c1cc2nc-2c1. The quantitative estimate of drug-likeness (QED) is 0.553. The zero-order valence-electron chi connectivity index (χ0n) is 13.6. The van der Waals surface area contributed by atoms with Crippen molar-refractivity contribution < 1.29 is 18.0 Å². The van der Waals surface area contributed by atoms with Crippen molar-refractivity contribution in [2.75, 3.05) is 13.1 Å². The van der Waals surface area contributed by atoms with E-state index in [9.17, 15) is 18.0 Å². The van der Waals surface area contributed by atoms with Gasteiger partial charge in [-0.05, 0) is 41.8 Å². The van der Waals surface area contributed by atoms with Crippen LogP contribution in [0.3, 0.4) is 0 Å². The average molecular weight is 379 g/mol. The van der Waals surface area contributed by atoms with Crippen LogP contribution in [-0.4, -0.2) is 35.1 Å². The molecule has 3 nitrogen and oxygen atoms in total. The zero-order chi connectivity index (χ0) is 18.9. The van der Waals surface area contributed by atoms with Crippen molar-refractivity contribution in [1.82, 2.24) is 9.88 Å². The van der Waals surface area contributed by atoms with Gasteiger partial charge in [0.2, 0.25) is 0 Å². The smallest absolute Gasteiger partial charge is 0.333 e. The molecule has 1 aromatic carbocycles. The first kappa shape index (κ1) is 18.3. The number of carbonyl (C=O) groups excluding carboxylic acids is 1. The number of alkyl halides is 3. The Morgan fingerprint density at radius 3 is 2.46 bits per heavy atom. The van der Waals surface area contributed by atoms with E-state index in [0.717, 1.165) is 16.0 Å². The van der Waals surface area contributed by atoms with E-state index in [2.05, 4.69) is 10.9 Å². The Balaban J connectivity index is 0.000000269. The normalized spacial score (nSPS) is 17.2. The Bertz CT molecular complexity index is 872. The Morgan fingerprint density at radius 1 is 1.27 bits per heavy atom. The Kier molecular flexibility index (Phi) is 4.92. The van der Waals surface area contributed by atoms with Crippen LogP contribution in [-0.2, 0) is 11.2 Å². The molecule has 0 N–H and O–H groups in total. The van der Waals surface area contributed by atoms with Crippen LogP contribution in [0.5, 0.6) is 0 Å². The Morgan fingerprint density at radius 2 is 1.96 bits per heavy atom. The van der Waals surface area contributed by atoms with Crippen molar-refractivity contribution >= 4 is 17.5 Å². The van der Waals surface area contributed by atoms with Crippen molar-refractivity contribution in [3.05, 3.63) is 52.5 Å². The molecule has 1 atom stereocenters. The molecule has 2 heterocycles. The summed E-state index contributed by atoms with van der Waals surface area (Å²) >= 11 is 5.88. The summed E-state index contributed by atoms with van der Waals surface area (Å²) in [5.41, 5.74) is 3.90. The van der Waals surface area contributed by atoms with Crippen LogP contribution >= 0.6 is 11.6 Å². The van der Waals surface area contributed by atoms with Crippen LogP contribution in [0.15, 0.2) is 36.4 Å². The summed E-state index contributed by atoms with van der Waals surface area (Å²) in [7, 11) is 0. The molecule has 0 radical (unpaired) electrons. The number of hydrogen-bond donors (Lipinski definition) is 0. The minimum atomic E-state index is -4.88. The van der Waals surface area contributed by atoms with Gasteiger partial charge in [0.25, 0.3) is 0 Å². The van der Waals surface area contributed by atoms with Crippen LogP contribution < -0.4 is 0 Å². The summed E-state index contributed by atoms with van der Waals surface area (Å²) in [5.74, 6) is 0.0420. The number of amides is 1. The van der Waals surface area contributed by atoms with E-state index in [-0.39, 0.29) is 13.1 Å². The van der Waals surface area contributed by atoms with Crippen LogP contribution in [0, 0.1) is 12.3 Å². The number of rotatable bonds is 0. The van der Waals surface area contributed by atoms with E-state index < -0.39 is 18.0 Å². The molecule has 3 aliphatic rings. The Labute approximate surface area is 153 Å². The highest BCUT2D eigenvalue weighted by Gasteiger charge is 2.43. The van der Waals surface area contributed by atoms with Gasteiger partial charge in [0.1, 0.15) is 0 Å². The molecule has 1 amide bonds. The standard InChI is InChI=1S/C14H11ClF3NO.C5H3N/c1-2-9-8-19(13(20)14(16,17)18)6-5-10-7-11(15)3-4-12(9)10;1-2-4-5(3-1)6-4/h1,3-4,7,9H,5-6,8H2;1-3H. The summed E-state index contributed by atoms with van der Waals surface area (Å²) in [4.78, 5) is 16.1. The summed E-state index contributed by atoms with van der Waals surface area (Å²) in [6.07, 6.45) is 0.815. The third-order valence-electron chi connectivity index (χ3n) is 4.23. The van der Waals surface area contributed by atoms with Crippen LogP contribution in [0.2, 0.25) is 5.02 Å². The van der Waals surface area contributed by atoms with Crippen molar-refractivity contribution in [2.24, 2.45) is 0 Å². The monoisotopic (exact) mass is 378 g/mol. The molecule has 0 fully saturated rings. The number of carbonyl (C=O) groups is 1. The van der Waals surface area contributed by atoms with Crippen LogP contribution in [0.25, 0.3) is 11.4 Å². The van der Waals surface area contributed by atoms with Gasteiger partial charge in [-0.3, -0.25) is 4.79 Å². The van der Waals surface area contributed by atoms with Gasteiger partial charge in [-0.15, -0.1) is 6.42 Å². The van der Waals surface area contributed by atoms with Crippen LogP contribution in [0.4, 0.5) is 13.2 Å². The minimum Gasteiger partial charge on any atom is -0.333 e. The molecule has 1 aromatic rings. The minimum absolute atomic E-state index is 0.0239. The number of fused-ring (bicyclic) bond motifs is 2. The molecule has 0 bridgehead atoms. The first-order chi connectivity index (χ1) is 12.3. The maximum absolute atomic E-state index is 12.5. The lowest BCUT2D eigenvalue weighted by molar-refractivity contribution is -0.185. The third kappa shape index (κ3) is 4.00. The van der Waals surface area contributed by atoms with E-state index in [4.69, 9.17) is 18.0 Å². The Hall–Kier alpha value is -2.52. The van der Waals surface area contributed by atoms with Gasteiger partial charge in [0.15, 0.2) is 0 Å². The maximum atomic E-state index is 12.5. The number of terminal acetylenes is 1. The average Bonchev–Trinajstić information content (AvgIpc) is 3.25. The van der Waals surface area contributed by atoms with E-state index in [1.165, 1.54) is 11.4 Å². The lowest BCUT2D eigenvalue weighted by atomic mass is 9.94. The van der Waals surface area contributed by atoms with Gasteiger partial charge in [-0.1, -0.05) is 29.7 Å². The fourth-order valence-corrected chi connectivity index (χ4v) is 3.07. The number of pyridine rings is 1. The number of halogens is 4. The maximum Gasteiger partial charge on any atom is 0.471 e. The first-order valence-corrected chi connectivity index (χ1v) is 8.25. The predicted molar refractivity (Wildman–Crippen MR) is 92.6 cm³/mol. The van der Waals surface area contributed by atoms with Crippen molar-refractivity contribution in [2.45, 2.75) is 18.5 Å². The first-order valence-electron chi connectivity index (χ1n) is 7.87. The predicted octanol–water partition coefficient (Wildman–Crippen LogP) is 4.07. The topological polar surface area (TPSA) is 33.2 Å². The molecular weight excluding hydrogens is 365 g/mol. The molecule has 26 heavy (non-hydrogen) atoms. The fraction of sp³-hybridized carbons (Fsp3) is 0.263.